The Morgan fingerprint density at radius 3 is 2.37 bits per heavy atom. The van der Waals surface area contributed by atoms with Crippen molar-refractivity contribution in [2.45, 2.75) is 63.1 Å². The number of ether oxygens (including phenoxy) is 2. The summed E-state index contributed by atoms with van der Waals surface area (Å²) >= 11 is 0. The molecule has 0 unspecified atom stereocenters. The molecule has 1 heterocycles. The van der Waals surface area contributed by atoms with Gasteiger partial charge in [-0.2, -0.15) is 0 Å². The second-order valence-electron chi connectivity index (χ2n) is 9.10. The van der Waals surface area contributed by atoms with E-state index >= 15 is 0 Å². The third-order valence-electron chi connectivity index (χ3n) is 6.67. The standard InChI is InChI=1S/C27H32N2O6/c1-2-3-8-17(15-24(30)31)28-26(32)25-23(13-14-34-25)29-27(33)35-16-22-20-11-6-4-9-18(20)19-10-5-7-12-21(19)22/h4-7,9-12,17,22-23,25H,2-3,8,13-16H2,1H3,(H,28,32)(H,29,33)(H,30,31)/t17-,23-,25+/m1/s1. The number of benzene rings is 2. The number of rotatable bonds is 10. The van der Waals surface area contributed by atoms with Crippen LogP contribution in [0.4, 0.5) is 4.79 Å². The number of carboxylic acid groups (broad SMARTS) is 1. The van der Waals surface area contributed by atoms with E-state index in [1.54, 1.807) is 0 Å². The number of carbonyl (C=O) groups excluding carboxylic acids is 2. The van der Waals surface area contributed by atoms with Crippen molar-refractivity contribution in [2.75, 3.05) is 13.2 Å². The molecule has 4 rings (SSSR count). The Morgan fingerprint density at radius 1 is 1.09 bits per heavy atom. The van der Waals surface area contributed by atoms with Gasteiger partial charge >= 0.3 is 12.1 Å². The number of aliphatic carboxylic acids is 1. The van der Waals surface area contributed by atoms with Crippen molar-refractivity contribution < 1.29 is 29.0 Å². The Kier molecular flexibility index (Phi) is 8.02. The molecule has 0 spiro atoms. The molecule has 2 amide bonds. The van der Waals surface area contributed by atoms with E-state index in [2.05, 4.69) is 34.9 Å². The molecule has 0 aromatic heterocycles. The molecule has 1 fully saturated rings. The topological polar surface area (TPSA) is 114 Å². The van der Waals surface area contributed by atoms with Crippen LogP contribution in [-0.4, -0.2) is 54.5 Å². The lowest BCUT2D eigenvalue weighted by Gasteiger charge is -2.23. The molecule has 8 nitrogen and oxygen atoms in total. The highest BCUT2D eigenvalue weighted by Crippen LogP contribution is 2.44. The van der Waals surface area contributed by atoms with E-state index in [1.807, 2.05) is 31.2 Å². The normalized spacial score (nSPS) is 19.5. The summed E-state index contributed by atoms with van der Waals surface area (Å²) in [5.41, 5.74) is 4.55. The number of fused-ring (bicyclic) bond motifs is 3. The van der Waals surface area contributed by atoms with Gasteiger partial charge in [-0.05, 0) is 35.1 Å². The lowest BCUT2D eigenvalue weighted by Crippen LogP contribution is -2.51. The summed E-state index contributed by atoms with van der Waals surface area (Å²) in [7, 11) is 0. The minimum Gasteiger partial charge on any atom is -0.481 e. The van der Waals surface area contributed by atoms with Crippen LogP contribution >= 0.6 is 0 Å². The van der Waals surface area contributed by atoms with Crippen LogP contribution in [0.2, 0.25) is 0 Å². The Labute approximate surface area is 205 Å². The van der Waals surface area contributed by atoms with E-state index in [4.69, 9.17) is 14.6 Å². The highest BCUT2D eigenvalue weighted by molar-refractivity contribution is 5.84. The maximum absolute atomic E-state index is 12.8. The summed E-state index contributed by atoms with van der Waals surface area (Å²) in [6, 6.07) is 15.2. The van der Waals surface area contributed by atoms with Crippen LogP contribution < -0.4 is 10.6 Å². The third kappa shape index (κ3) is 5.82. The Morgan fingerprint density at radius 2 is 1.74 bits per heavy atom. The molecule has 3 atom stereocenters. The van der Waals surface area contributed by atoms with Gasteiger partial charge in [-0.3, -0.25) is 9.59 Å². The van der Waals surface area contributed by atoms with E-state index in [-0.39, 0.29) is 18.9 Å². The number of carboxylic acids is 1. The van der Waals surface area contributed by atoms with Gasteiger partial charge in [-0.1, -0.05) is 68.3 Å². The molecule has 1 aliphatic carbocycles. The van der Waals surface area contributed by atoms with Crippen LogP contribution in [0.15, 0.2) is 48.5 Å². The Bertz CT molecular complexity index is 1030. The Balaban J connectivity index is 1.34. The fourth-order valence-corrected chi connectivity index (χ4v) is 4.96. The fraction of sp³-hybridized carbons (Fsp3) is 0.444. The minimum absolute atomic E-state index is 0.0533. The zero-order chi connectivity index (χ0) is 24.8. The number of hydrogen-bond acceptors (Lipinski definition) is 5. The van der Waals surface area contributed by atoms with Crippen LogP contribution in [-0.2, 0) is 19.1 Å². The van der Waals surface area contributed by atoms with E-state index < -0.39 is 36.2 Å². The molecule has 1 aliphatic heterocycles. The van der Waals surface area contributed by atoms with Crippen LogP contribution in [0.25, 0.3) is 11.1 Å². The summed E-state index contributed by atoms with van der Waals surface area (Å²) in [6.45, 7) is 2.51. The number of alkyl carbamates (subject to hydrolysis) is 1. The molecule has 3 N–H and O–H groups in total. The van der Waals surface area contributed by atoms with Crippen LogP contribution in [0.3, 0.4) is 0 Å². The number of amides is 2. The molecule has 0 bridgehead atoms. The van der Waals surface area contributed by atoms with E-state index in [0.717, 1.165) is 35.1 Å². The van der Waals surface area contributed by atoms with Crippen molar-refractivity contribution in [1.82, 2.24) is 10.6 Å². The maximum atomic E-state index is 12.8. The number of unbranched alkanes of at least 4 members (excludes halogenated alkanes) is 1. The van der Waals surface area contributed by atoms with Gasteiger partial charge in [0.25, 0.3) is 5.91 Å². The van der Waals surface area contributed by atoms with Gasteiger partial charge in [0.05, 0.1) is 12.5 Å². The van der Waals surface area contributed by atoms with Gasteiger partial charge in [-0.15, -0.1) is 0 Å². The molecule has 0 saturated carbocycles. The first-order chi connectivity index (χ1) is 17.0. The van der Waals surface area contributed by atoms with Crippen LogP contribution in [0.1, 0.15) is 56.1 Å². The van der Waals surface area contributed by atoms with E-state index in [9.17, 15) is 14.4 Å². The van der Waals surface area contributed by atoms with Crippen LogP contribution in [0.5, 0.6) is 0 Å². The Hall–Kier alpha value is -3.39. The van der Waals surface area contributed by atoms with E-state index in [0.29, 0.717) is 19.4 Å². The van der Waals surface area contributed by atoms with Gasteiger partial charge in [0.15, 0.2) is 6.10 Å². The lowest BCUT2D eigenvalue weighted by atomic mass is 9.98. The predicted octanol–water partition coefficient (Wildman–Crippen LogP) is 3.83. The summed E-state index contributed by atoms with van der Waals surface area (Å²) in [4.78, 5) is 36.6. The zero-order valence-corrected chi connectivity index (χ0v) is 19.9. The molecular formula is C27H32N2O6. The quantitative estimate of drug-likeness (QED) is 0.476. The first kappa shape index (κ1) is 24.7. The highest BCUT2D eigenvalue weighted by atomic mass is 16.6. The summed E-state index contributed by atoms with van der Waals surface area (Å²) in [5.74, 6) is -1.43. The first-order valence-electron chi connectivity index (χ1n) is 12.2. The van der Waals surface area contributed by atoms with Crippen molar-refractivity contribution in [3.63, 3.8) is 0 Å². The molecule has 2 aliphatic rings. The monoisotopic (exact) mass is 480 g/mol. The summed E-state index contributed by atoms with van der Waals surface area (Å²) < 4.78 is 11.2. The highest BCUT2D eigenvalue weighted by Gasteiger charge is 2.37. The van der Waals surface area contributed by atoms with Crippen molar-refractivity contribution in [1.29, 1.82) is 0 Å². The number of nitrogens with one attached hydrogen (secondary N) is 2. The van der Waals surface area contributed by atoms with Crippen LogP contribution in [0, 0.1) is 0 Å². The first-order valence-corrected chi connectivity index (χ1v) is 12.2. The minimum atomic E-state index is -0.966. The summed E-state index contributed by atoms with van der Waals surface area (Å²) in [5, 5.41) is 14.7. The van der Waals surface area contributed by atoms with Crippen molar-refractivity contribution in [3.8, 4) is 11.1 Å². The molecule has 35 heavy (non-hydrogen) atoms. The molecule has 186 valence electrons. The molecule has 1 saturated heterocycles. The fourth-order valence-electron chi connectivity index (χ4n) is 4.96. The van der Waals surface area contributed by atoms with Gasteiger partial charge in [0, 0.05) is 18.6 Å². The second-order valence-corrected chi connectivity index (χ2v) is 9.10. The summed E-state index contributed by atoms with van der Waals surface area (Å²) in [6.07, 6.45) is 1.13. The molecule has 2 aromatic rings. The average molecular weight is 481 g/mol. The average Bonchev–Trinajstić information content (AvgIpc) is 3.43. The zero-order valence-electron chi connectivity index (χ0n) is 19.9. The van der Waals surface area contributed by atoms with Gasteiger partial charge < -0.3 is 25.2 Å². The third-order valence-corrected chi connectivity index (χ3v) is 6.67. The second kappa shape index (κ2) is 11.4. The molecule has 8 heteroatoms. The smallest absolute Gasteiger partial charge is 0.407 e. The number of hydrogen-bond donors (Lipinski definition) is 3. The lowest BCUT2D eigenvalue weighted by molar-refractivity contribution is -0.138. The van der Waals surface area contributed by atoms with Crippen molar-refractivity contribution in [3.05, 3.63) is 59.7 Å². The van der Waals surface area contributed by atoms with Crippen molar-refractivity contribution in [2.24, 2.45) is 0 Å². The maximum Gasteiger partial charge on any atom is 0.407 e. The SMILES string of the molecule is CCCC[C@H](CC(=O)O)NC(=O)[C@H]1OCC[C@H]1NC(=O)OCC1c2ccccc2-c2ccccc21. The molecular weight excluding hydrogens is 448 g/mol. The number of carbonyl (C=O) groups is 3. The van der Waals surface area contributed by atoms with Gasteiger partial charge in [0.1, 0.15) is 6.61 Å². The van der Waals surface area contributed by atoms with Crippen molar-refractivity contribution >= 4 is 18.0 Å². The molecule has 2 aromatic carbocycles. The van der Waals surface area contributed by atoms with Gasteiger partial charge in [0.2, 0.25) is 0 Å². The largest absolute Gasteiger partial charge is 0.481 e. The van der Waals surface area contributed by atoms with Gasteiger partial charge in [-0.25, -0.2) is 4.79 Å². The van der Waals surface area contributed by atoms with E-state index in [1.165, 1.54) is 0 Å². The predicted molar refractivity (Wildman–Crippen MR) is 130 cm³/mol. The molecule has 0 radical (unpaired) electrons.